The molecule has 0 N–H and O–H groups in total. The third-order valence-electron chi connectivity index (χ3n) is 5.35. The average Bonchev–Trinajstić information content (AvgIpc) is 3.22. The highest BCUT2D eigenvalue weighted by atomic mass is 35.5. The molecule has 0 bridgehead atoms. The molecular formula is C23H26ClN3O2S2. The molecule has 5 nitrogen and oxygen atoms in total. The van der Waals surface area contributed by atoms with Crippen LogP contribution in [-0.2, 0) is 4.74 Å². The zero-order chi connectivity index (χ0) is 21.8. The van der Waals surface area contributed by atoms with Crippen molar-refractivity contribution in [3.63, 3.8) is 0 Å². The molecule has 1 aromatic heterocycles. The van der Waals surface area contributed by atoms with E-state index in [-0.39, 0.29) is 5.91 Å². The second kappa shape index (κ2) is 10.3. The first kappa shape index (κ1) is 22.6. The van der Waals surface area contributed by atoms with Crippen molar-refractivity contribution in [2.75, 3.05) is 50.0 Å². The minimum absolute atomic E-state index is 0.0189. The monoisotopic (exact) mass is 475 g/mol. The predicted octanol–water partition coefficient (Wildman–Crippen LogP) is 5.35. The normalized spacial score (nSPS) is 14.8. The van der Waals surface area contributed by atoms with Crippen molar-refractivity contribution < 1.29 is 9.53 Å². The highest BCUT2D eigenvalue weighted by Crippen LogP contribution is 2.34. The van der Waals surface area contributed by atoms with Crippen LogP contribution in [0.25, 0.3) is 10.2 Å². The van der Waals surface area contributed by atoms with Crippen molar-refractivity contribution in [2.24, 2.45) is 0 Å². The summed E-state index contributed by atoms with van der Waals surface area (Å²) >= 11 is 9.58. The summed E-state index contributed by atoms with van der Waals surface area (Å²) in [6, 6.07) is 11.7. The van der Waals surface area contributed by atoms with E-state index in [4.69, 9.17) is 21.3 Å². The fourth-order valence-corrected chi connectivity index (χ4v) is 5.52. The fraction of sp³-hybridized carbons (Fsp3) is 0.391. The molecule has 1 aliphatic heterocycles. The smallest absolute Gasteiger partial charge is 0.260 e. The molecule has 0 unspecified atom stereocenters. The van der Waals surface area contributed by atoms with Gasteiger partial charge < -0.3 is 4.74 Å². The standard InChI is InChI=1S/C23H26ClN3O2S2/c1-3-30-18-6-4-5-17(15-18)22(28)27(10-9-26-11-13-29-14-12-26)23-25-21-16(2)19(24)7-8-20(21)31-23/h4-8,15H,3,9-14H2,1-2H3. The molecule has 8 heteroatoms. The number of aromatic nitrogens is 1. The number of hydrogen-bond acceptors (Lipinski definition) is 6. The second-order valence-corrected chi connectivity index (χ2v) is 10.1. The second-order valence-electron chi connectivity index (χ2n) is 7.39. The van der Waals surface area contributed by atoms with E-state index >= 15 is 0 Å². The maximum Gasteiger partial charge on any atom is 0.260 e. The summed E-state index contributed by atoms with van der Waals surface area (Å²) in [5, 5.41) is 1.41. The predicted molar refractivity (Wildman–Crippen MR) is 131 cm³/mol. The Kier molecular flexibility index (Phi) is 7.51. The number of halogens is 1. The maximum atomic E-state index is 13.6. The largest absolute Gasteiger partial charge is 0.379 e. The molecule has 0 atom stereocenters. The fourth-order valence-electron chi connectivity index (χ4n) is 3.60. The van der Waals surface area contributed by atoms with Crippen molar-refractivity contribution in [2.45, 2.75) is 18.7 Å². The van der Waals surface area contributed by atoms with E-state index in [2.05, 4.69) is 11.8 Å². The summed E-state index contributed by atoms with van der Waals surface area (Å²) in [6.07, 6.45) is 0. The van der Waals surface area contributed by atoms with Gasteiger partial charge >= 0.3 is 0 Å². The van der Waals surface area contributed by atoms with Gasteiger partial charge in [-0.2, -0.15) is 0 Å². The Labute approximate surface area is 196 Å². The van der Waals surface area contributed by atoms with Gasteiger partial charge in [-0.15, -0.1) is 11.8 Å². The van der Waals surface area contributed by atoms with Gasteiger partial charge in [0, 0.05) is 41.7 Å². The molecule has 0 spiro atoms. The Morgan fingerprint density at radius 1 is 1.29 bits per heavy atom. The van der Waals surface area contributed by atoms with Gasteiger partial charge in [-0.1, -0.05) is 35.9 Å². The molecule has 1 amide bonds. The number of morpholine rings is 1. The van der Waals surface area contributed by atoms with Crippen LogP contribution >= 0.6 is 34.7 Å². The third kappa shape index (κ3) is 5.23. The topological polar surface area (TPSA) is 45.7 Å². The van der Waals surface area contributed by atoms with Crippen LogP contribution in [0.3, 0.4) is 0 Å². The quantitative estimate of drug-likeness (QED) is 0.431. The number of thiazole rings is 1. The zero-order valence-corrected chi connectivity index (χ0v) is 20.2. The number of benzene rings is 2. The molecule has 1 saturated heterocycles. The van der Waals surface area contributed by atoms with Crippen LogP contribution in [-0.4, -0.2) is 60.9 Å². The molecule has 0 saturated carbocycles. The highest BCUT2D eigenvalue weighted by molar-refractivity contribution is 7.99. The molecule has 31 heavy (non-hydrogen) atoms. The van der Waals surface area contributed by atoms with E-state index in [9.17, 15) is 4.79 Å². The highest BCUT2D eigenvalue weighted by Gasteiger charge is 2.23. The van der Waals surface area contributed by atoms with Crippen molar-refractivity contribution in [1.82, 2.24) is 9.88 Å². The van der Waals surface area contributed by atoms with Gasteiger partial charge in [0.05, 0.1) is 23.4 Å². The number of fused-ring (bicyclic) bond motifs is 1. The first-order valence-electron chi connectivity index (χ1n) is 10.5. The molecule has 2 heterocycles. The van der Waals surface area contributed by atoms with Gasteiger partial charge in [0.2, 0.25) is 0 Å². The summed E-state index contributed by atoms with van der Waals surface area (Å²) < 4.78 is 6.50. The summed E-state index contributed by atoms with van der Waals surface area (Å²) in [6.45, 7) is 8.71. The number of ether oxygens (including phenoxy) is 1. The van der Waals surface area contributed by atoms with Crippen LogP contribution in [0.15, 0.2) is 41.3 Å². The minimum atomic E-state index is -0.0189. The van der Waals surface area contributed by atoms with Gasteiger partial charge in [-0.05, 0) is 48.6 Å². The van der Waals surface area contributed by atoms with E-state index < -0.39 is 0 Å². The molecule has 0 aliphatic carbocycles. The molecule has 2 aromatic carbocycles. The molecular weight excluding hydrogens is 450 g/mol. The van der Waals surface area contributed by atoms with Crippen molar-refractivity contribution in [1.29, 1.82) is 0 Å². The van der Waals surface area contributed by atoms with E-state index in [1.165, 1.54) is 11.3 Å². The lowest BCUT2D eigenvalue weighted by atomic mass is 10.2. The van der Waals surface area contributed by atoms with E-state index in [0.29, 0.717) is 22.3 Å². The molecule has 1 aliphatic rings. The van der Waals surface area contributed by atoms with Crippen LogP contribution in [0.2, 0.25) is 5.02 Å². The van der Waals surface area contributed by atoms with Gasteiger partial charge in [-0.25, -0.2) is 4.98 Å². The number of anilines is 1. The summed E-state index contributed by atoms with van der Waals surface area (Å²) in [5.41, 5.74) is 2.50. The van der Waals surface area contributed by atoms with Gasteiger partial charge in [0.1, 0.15) is 0 Å². The lowest BCUT2D eigenvalue weighted by Gasteiger charge is -2.29. The Morgan fingerprint density at radius 2 is 2.10 bits per heavy atom. The Bertz CT molecular complexity index is 1070. The third-order valence-corrected chi connectivity index (χ3v) is 7.68. The summed E-state index contributed by atoms with van der Waals surface area (Å²) in [5.74, 6) is 0.950. The summed E-state index contributed by atoms with van der Waals surface area (Å²) in [7, 11) is 0. The van der Waals surface area contributed by atoms with Gasteiger partial charge in [0.25, 0.3) is 5.91 Å². The van der Waals surface area contributed by atoms with Crippen molar-refractivity contribution >= 4 is 56.0 Å². The van der Waals surface area contributed by atoms with Crippen molar-refractivity contribution in [3.05, 3.63) is 52.5 Å². The Morgan fingerprint density at radius 3 is 2.87 bits per heavy atom. The number of aryl methyl sites for hydroxylation is 1. The zero-order valence-electron chi connectivity index (χ0n) is 17.8. The van der Waals surface area contributed by atoms with E-state index in [1.54, 1.807) is 11.8 Å². The van der Waals surface area contributed by atoms with Crippen LogP contribution in [0.4, 0.5) is 5.13 Å². The van der Waals surface area contributed by atoms with Crippen LogP contribution in [0.5, 0.6) is 0 Å². The number of amides is 1. The number of carbonyl (C=O) groups excluding carboxylic acids is 1. The minimum Gasteiger partial charge on any atom is -0.379 e. The molecule has 3 aromatic rings. The number of hydrogen-bond donors (Lipinski definition) is 0. The lowest BCUT2D eigenvalue weighted by molar-refractivity contribution is 0.0391. The number of thioether (sulfide) groups is 1. The SMILES string of the molecule is CCSc1cccc(C(=O)N(CCN2CCOCC2)c2nc3c(C)c(Cl)ccc3s2)c1. The van der Waals surface area contributed by atoms with E-state index in [1.807, 2.05) is 48.2 Å². The van der Waals surface area contributed by atoms with Crippen LogP contribution in [0.1, 0.15) is 22.8 Å². The van der Waals surface area contributed by atoms with Crippen molar-refractivity contribution in [3.8, 4) is 0 Å². The molecule has 4 rings (SSSR count). The first-order valence-corrected chi connectivity index (χ1v) is 12.7. The Balaban J connectivity index is 1.66. The number of carbonyl (C=O) groups is 1. The van der Waals surface area contributed by atoms with Crippen LogP contribution in [0, 0.1) is 6.92 Å². The number of nitrogens with zero attached hydrogens (tertiary/aromatic N) is 3. The molecule has 1 fully saturated rings. The van der Waals surface area contributed by atoms with Crippen LogP contribution < -0.4 is 4.90 Å². The maximum absolute atomic E-state index is 13.6. The molecule has 164 valence electrons. The molecule has 0 radical (unpaired) electrons. The van der Waals surface area contributed by atoms with E-state index in [0.717, 1.165) is 59.3 Å². The lowest BCUT2D eigenvalue weighted by Crippen LogP contribution is -2.43. The summed E-state index contributed by atoms with van der Waals surface area (Å²) in [4.78, 5) is 23.7. The van der Waals surface area contributed by atoms with Gasteiger partial charge in [0.15, 0.2) is 5.13 Å². The Hall–Kier alpha value is -1.64. The van der Waals surface area contributed by atoms with Gasteiger partial charge in [-0.3, -0.25) is 14.6 Å². The first-order chi connectivity index (χ1) is 15.1. The number of rotatable bonds is 7. The average molecular weight is 476 g/mol.